The Morgan fingerprint density at radius 2 is 1.42 bits per heavy atom. The van der Waals surface area contributed by atoms with Gasteiger partial charge in [-0.2, -0.15) is 0 Å². The number of nitrogens with two attached hydrogens (primary N) is 1. The number of rotatable bonds is 10. The molecule has 24 heavy (non-hydrogen) atoms. The minimum absolute atomic E-state index is 0.247. The summed E-state index contributed by atoms with van der Waals surface area (Å²) >= 11 is 0. The first-order chi connectivity index (χ1) is 11.7. The van der Waals surface area contributed by atoms with Crippen LogP contribution in [0.4, 0.5) is 0 Å². The van der Waals surface area contributed by atoms with Gasteiger partial charge in [-0.05, 0) is 36.1 Å². The van der Waals surface area contributed by atoms with Crippen LogP contribution in [-0.2, 0) is 9.59 Å². The highest BCUT2D eigenvalue weighted by molar-refractivity contribution is 6.35. The molecule has 0 radical (unpaired) electrons. The van der Waals surface area contributed by atoms with E-state index in [1.54, 1.807) is 0 Å². The summed E-state index contributed by atoms with van der Waals surface area (Å²) in [4.78, 5) is 21.6. The minimum Gasteiger partial charge on any atom is -0.494 e. The van der Waals surface area contributed by atoms with E-state index in [0.717, 1.165) is 25.0 Å². The molecule has 126 valence electrons. The van der Waals surface area contributed by atoms with Gasteiger partial charge in [0.15, 0.2) is 0 Å². The number of ketones is 1. The molecule has 2 rings (SSSR count). The molecule has 0 aliphatic carbocycles. The lowest BCUT2D eigenvalue weighted by Crippen LogP contribution is -2.22. The van der Waals surface area contributed by atoms with E-state index in [4.69, 9.17) is 10.5 Å². The molecule has 0 saturated heterocycles. The Morgan fingerprint density at radius 3 is 2.08 bits per heavy atom. The highest BCUT2D eigenvalue weighted by Gasteiger charge is 2.07. The molecule has 2 aromatic rings. The standard InChI is InChI=1S/C20H23NO3/c21-20(23)19(22)10-6-1-2-7-15-24-18-13-11-17(12-14-18)16-8-4-3-5-9-16/h3-5,8-9,11-14H,1-2,6-7,10,15H2,(H2,21,23). The minimum atomic E-state index is -0.836. The second kappa shape index (κ2) is 9.50. The van der Waals surface area contributed by atoms with Crippen LogP contribution in [0.1, 0.15) is 32.1 Å². The van der Waals surface area contributed by atoms with Crippen molar-refractivity contribution >= 4 is 11.7 Å². The van der Waals surface area contributed by atoms with Crippen molar-refractivity contribution < 1.29 is 14.3 Å². The molecule has 0 aliphatic heterocycles. The van der Waals surface area contributed by atoms with Gasteiger partial charge in [0, 0.05) is 6.42 Å². The lowest BCUT2D eigenvalue weighted by atomic mass is 10.1. The van der Waals surface area contributed by atoms with Crippen LogP contribution >= 0.6 is 0 Å². The van der Waals surface area contributed by atoms with Crippen LogP contribution in [0.2, 0.25) is 0 Å². The Balaban J connectivity index is 1.63. The molecule has 0 unspecified atom stereocenters. The predicted molar refractivity (Wildman–Crippen MR) is 94.7 cm³/mol. The molecular formula is C20H23NO3. The van der Waals surface area contributed by atoms with E-state index in [1.807, 2.05) is 30.3 Å². The highest BCUT2D eigenvalue weighted by Crippen LogP contribution is 2.22. The van der Waals surface area contributed by atoms with Crippen molar-refractivity contribution in [2.75, 3.05) is 6.61 Å². The van der Waals surface area contributed by atoms with Crippen molar-refractivity contribution in [2.45, 2.75) is 32.1 Å². The molecule has 0 spiro atoms. The first-order valence-electron chi connectivity index (χ1n) is 8.28. The quantitative estimate of drug-likeness (QED) is 0.534. The summed E-state index contributed by atoms with van der Waals surface area (Å²) in [5.41, 5.74) is 7.26. The Morgan fingerprint density at radius 1 is 0.792 bits per heavy atom. The molecule has 0 saturated carbocycles. The zero-order chi connectivity index (χ0) is 17.2. The third-order valence-electron chi connectivity index (χ3n) is 3.80. The predicted octanol–water partition coefficient (Wildman–Crippen LogP) is 3.74. The van der Waals surface area contributed by atoms with Crippen molar-refractivity contribution in [1.82, 2.24) is 0 Å². The maximum atomic E-state index is 11.0. The van der Waals surface area contributed by atoms with Gasteiger partial charge in [-0.1, -0.05) is 55.3 Å². The summed E-state index contributed by atoms with van der Waals surface area (Å²) in [6.45, 7) is 0.647. The number of carbonyl (C=O) groups is 2. The number of Topliss-reactive ketones (excluding diaryl/α,β-unsaturated/α-hetero) is 1. The second-order valence-corrected chi connectivity index (χ2v) is 5.69. The van der Waals surface area contributed by atoms with Crippen LogP contribution in [0.5, 0.6) is 5.75 Å². The van der Waals surface area contributed by atoms with Crippen LogP contribution in [0.3, 0.4) is 0 Å². The summed E-state index contributed by atoms with van der Waals surface area (Å²) < 4.78 is 5.72. The third-order valence-corrected chi connectivity index (χ3v) is 3.80. The Hall–Kier alpha value is -2.62. The highest BCUT2D eigenvalue weighted by atomic mass is 16.5. The molecule has 0 heterocycles. The fourth-order valence-electron chi connectivity index (χ4n) is 2.43. The summed E-state index contributed by atoms with van der Waals surface area (Å²) in [6.07, 6.45) is 3.74. The SMILES string of the molecule is NC(=O)C(=O)CCCCCCOc1ccc(-c2ccccc2)cc1. The number of amides is 1. The zero-order valence-corrected chi connectivity index (χ0v) is 13.7. The molecule has 0 bridgehead atoms. The van der Waals surface area contributed by atoms with Gasteiger partial charge in [0.25, 0.3) is 5.91 Å². The van der Waals surface area contributed by atoms with Gasteiger partial charge >= 0.3 is 0 Å². The normalized spacial score (nSPS) is 10.3. The molecule has 4 heteroatoms. The number of carbonyl (C=O) groups excluding carboxylic acids is 2. The van der Waals surface area contributed by atoms with Gasteiger partial charge in [-0.25, -0.2) is 0 Å². The molecule has 2 N–H and O–H groups in total. The molecule has 0 atom stereocenters. The molecule has 1 amide bonds. The van der Waals surface area contributed by atoms with E-state index in [0.29, 0.717) is 13.0 Å². The lowest BCUT2D eigenvalue weighted by Gasteiger charge is -2.07. The van der Waals surface area contributed by atoms with Crippen molar-refractivity contribution in [3.8, 4) is 16.9 Å². The molecular weight excluding hydrogens is 302 g/mol. The van der Waals surface area contributed by atoms with Crippen molar-refractivity contribution in [3.05, 3.63) is 54.6 Å². The summed E-state index contributed by atoms with van der Waals surface area (Å²) in [5, 5.41) is 0. The van der Waals surface area contributed by atoms with Crippen LogP contribution in [-0.4, -0.2) is 18.3 Å². The number of primary amides is 1. The van der Waals surface area contributed by atoms with Gasteiger partial charge < -0.3 is 10.5 Å². The molecule has 0 aromatic heterocycles. The van der Waals surface area contributed by atoms with E-state index in [1.165, 1.54) is 11.1 Å². The third kappa shape index (κ3) is 5.88. The number of hydrogen-bond donors (Lipinski definition) is 1. The Labute approximate surface area is 142 Å². The molecule has 0 fully saturated rings. The number of hydrogen-bond acceptors (Lipinski definition) is 3. The van der Waals surface area contributed by atoms with Gasteiger partial charge in [-0.3, -0.25) is 9.59 Å². The van der Waals surface area contributed by atoms with Crippen molar-refractivity contribution in [3.63, 3.8) is 0 Å². The fourth-order valence-corrected chi connectivity index (χ4v) is 2.43. The topological polar surface area (TPSA) is 69.4 Å². The Bertz CT molecular complexity index is 650. The van der Waals surface area contributed by atoms with Gasteiger partial charge in [0.2, 0.25) is 5.78 Å². The Kier molecular flexibility index (Phi) is 7.02. The maximum absolute atomic E-state index is 11.0. The smallest absolute Gasteiger partial charge is 0.284 e. The van der Waals surface area contributed by atoms with Crippen LogP contribution < -0.4 is 10.5 Å². The lowest BCUT2D eigenvalue weighted by molar-refractivity contribution is -0.136. The van der Waals surface area contributed by atoms with E-state index in [9.17, 15) is 9.59 Å². The maximum Gasteiger partial charge on any atom is 0.284 e. The average molecular weight is 325 g/mol. The van der Waals surface area contributed by atoms with Gasteiger partial charge in [0.05, 0.1) is 6.61 Å². The fraction of sp³-hybridized carbons (Fsp3) is 0.300. The van der Waals surface area contributed by atoms with Crippen molar-refractivity contribution in [1.29, 1.82) is 0 Å². The number of benzene rings is 2. The largest absolute Gasteiger partial charge is 0.494 e. The van der Waals surface area contributed by atoms with Crippen LogP contribution in [0, 0.1) is 0 Å². The number of unbranched alkanes of at least 4 members (excludes halogenated alkanes) is 3. The average Bonchev–Trinajstić information content (AvgIpc) is 2.62. The first kappa shape index (κ1) is 17.7. The van der Waals surface area contributed by atoms with Crippen LogP contribution in [0.25, 0.3) is 11.1 Å². The monoisotopic (exact) mass is 325 g/mol. The summed E-state index contributed by atoms with van der Waals surface area (Å²) in [7, 11) is 0. The van der Waals surface area contributed by atoms with Gasteiger partial charge in [-0.15, -0.1) is 0 Å². The number of ether oxygens (including phenoxy) is 1. The molecule has 0 aliphatic rings. The molecule has 4 nitrogen and oxygen atoms in total. The van der Waals surface area contributed by atoms with Gasteiger partial charge in [0.1, 0.15) is 5.75 Å². The second-order valence-electron chi connectivity index (χ2n) is 5.69. The zero-order valence-electron chi connectivity index (χ0n) is 13.7. The van der Waals surface area contributed by atoms with E-state index >= 15 is 0 Å². The molecule has 2 aromatic carbocycles. The summed E-state index contributed by atoms with van der Waals surface area (Å²) in [5.74, 6) is -0.458. The van der Waals surface area contributed by atoms with Crippen LogP contribution in [0.15, 0.2) is 54.6 Å². The van der Waals surface area contributed by atoms with E-state index in [2.05, 4.69) is 24.3 Å². The first-order valence-corrected chi connectivity index (χ1v) is 8.28. The summed E-state index contributed by atoms with van der Waals surface area (Å²) in [6, 6.07) is 18.3. The van der Waals surface area contributed by atoms with E-state index in [-0.39, 0.29) is 6.42 Å². The van der Waals surface area contributed by atoms with Crippen molar-refractivity contribution in [2.24, 2.45) is 5.73 Å². The van der Waals surface area contributed by atoms with E-state index < -0.39 is 11.7 Å².